The molecule has 2 aromatic rings. The molecule has 0 radical (unpaired) electrons. The maximum absolute atomic E-state index is 12.6. The number of aryl methyl sites for hydroxylation is 2. The number of ether oxygens (including phenoxy) is 3. The number of sulfonamides is 1. The fourth-order valence-electron chi connectivity index (χ4n) is 2.60. The molecule has 2 rings (SSSR count). The topological polar surface area (TPSA) is 103 Å². The van der Waals surface area contributed by atoms with Crippen molar-refractivity contribution >= 4 is 15.9 Å². The Balaban J connectivity index is 1.80. The number of methoxy groups -OCH3 is 1. The number of rotatable bonds is 11. The minimum absolute atomic E-state index is 0.0349. The van der Waals surface area contributed by atoms with E-state index in [1.807, 2.05) is 20.8 Å². The first kappa shape index (κ1) is 23.5. The van der Waals surface area contributed by atoms with Gasteiger partial charge >= 0.3 is 0 Å². The predicted octanol–water partition coefficient (Wildman–Crippen LogP) is 2.18. The number of nitrogens with one attached hydrogen (secondary N) is 2. The predicted molar refractivity (Wildman–Crippen MR) is 114 cm³/mol. The summed E-state index contributed by atoms with van der Waals surface area (Å²) in [4.78, 5) is 12.0. The molecule has 2 aromatic carbocycles. The van der Waals surface area contributed by atoms with Crippen LogP contribution in [-0.2, 0) is 14.8 Å². The van der Waals surface area contributed by atoms with Gasteiger partial charge < -0.3 is 19.5 Å². The number of carbonyl (C=O) groups excluding carboxylic acids is 1. The van der Waals surface area contributed by atoms with Crippen molar-refractivity contribution in [2.75, 3.05) is 33.4 Å². The third-order valence-corrected chi connectivity index (χ3v) is 5.80. The Bertz CT molecular complexity index is 958. The van der Waals surface area contributed by atoms with E-state index in [9.17, 15) is 13.2 Å². The van der Waals surface area contributed by atoms with Crippen LogP contribution in [0.3, 0.4) is 0 Å². The second kappa shape index (κ2) is 10.8. The fourth-order valence-corrected chi connectivity index (χ4v) is 3.86. The summed E-state index contributed by atoms with van der Waals surface area (Å²) in [6.07, 6.45) is 0. The van der Waals surface area contributed by atoms with Crippen LogP contribution < -0.4 is 24.2 Å². The summed E-state index contributed by atoms with van der Waals surface area (Å²) < 4.78 is 43.5. The Hall–Kier alpha value is -2.78. The van der Waals surface area contributed by atoms with E-state index < -0.39 is 10.0 Å². The highest BCUT2D eigenvalue weighted by Crippen LogP contribution is 2.27. The lowest BCUT2D eigenvalue weighted by Gasteiger charge is -2.13. The van der Waals surface area contributed by atoms with Crippen LogP contribution in [0.15, 0.2) is 41.3 Å². The number of hydrogen-bond donors (Lipinski definition) is 2. The molecule has 0 heterocycles. The van der Waals surface area contributed by atoms with Crippen LogP contribution in [0.25, 0.3) is 0 Å². The first-order valence-electron chi connectivity index (χ1n) is 9.54. The molecule has 0 saturated carbocycles. The van der Waals surface area contributed by atoms with Gasteiger partial charge in [0.15, 0.2) is 6.61 Å². The second-order valence-electron chi connectivity index (χ2n) is 6.53. The van der Waals surface area contributed by atoms with Gasteiger partial charge in [-0.2, -0.15) is 0 Å². The number of benzene rings is 2. The van der Waals surface area contributed by atoms with Crippen molar-refractivity contribution < 1.29 is 27.4 Å². The molecule has 8 nitrogen and oxygen atoms in total. The van der Waals surface area contributed by atoms with Crippen LogP contribution in [0.1, 0.15) is 18.1 Å². The molecule has 9 heteroatoms. The SMILES string of the molecule is CCOc1ccc(OCC(=O)NCCNS(=O)(=O)c2cc(C)c(C)cc2OC)cc1. The molecule has 0 saturated heterocycles. The normalized spacial score (nSPS) is 11.1. The summed E-state index contributed by atoms with van der Waals surface area (Å²) in [5.74, 6) is 1.18. The van der Waals surface area contributed by atoms with Crippen molar-refractivity contribution in [1.29, 1.82) is 0 Å². The van der Waals surface area contributed by atoms with E-state index >= 15 is 0 Å². The van der Waals surface area contributed by atoms with Gasteiger partial charge in [-0.25, -0.2) is 13.1 Å². The maximum atomic E-state index is 12.6. The Morgan fingerprint density at radius 1 is 0.967 bits per heavy atom. The van der Waals surface area contributed by atoms with Crippen LogP contribution in [0.5, 0.6) is 17.2 Å². The minimum Gasteiger partial charge on any atom is -0.495 e. The zero-order chi connectivity index (χ0) is 22.1. The minimum atomic E-state index is -3.77. The maximum Gasteiger partial charge on any atom is 0.257 e. The monoisotopic (exact) mass is 436 g/mol. The zero-order valence-electron chi connectivity index (χ0n) is 17.7. The molecular formula is C21H28N2O6S. The molecule has 0 aliphatic heterocycles. The van der Waals surface area contributed by atoms with Gasteiger partial charge in [0, 0.05) is 13.1 Å². The molecule has 0 unspecified atom stereocenters. The average molecular weight is 437 g/mol. The van der Waals surface area contributed by atoms with Gasteiger partial charge in [0.05, 0.1) is 13.7 Å². The average Bonchev–Trinajstić information content (AvgIpc) is 2.72. The third-order valence-electron chi connectivity index (χ3n) is 4.31. The first-order chi connectivity index (χ1) is 14.3. The standard InChI is InChI=1S/C21H28N2O6S/c1-5-28-17-6-8-18(9-7-17)29-14-21(24)22-10-11-23-30(25,26)20-13-16(3)15(2)12-19(20)27-4/h6-9,12-13,23H,5,10-11,14H2,1-4H3,(H,22,24). The Morgan fingerprint density at radius 2 is 1.57 bits per heavy atom. The molecular weight excluding hydrogens is 408 g/mol. The third kappa shape index (κ3) is 6.64. The Labute approximate surface area is 177 Å². The molecule has 0 aliphatic rings. The van der Waals surface area contributed by atoms with Crippen LogP contribution >= 0.6 is 0 Å². The molecule has 0 bridgehead atoms. The summed E-state index contributed by atoms with van der Waals surface area (Å²) in [6, 6.07) is 10.2. The quantitative estimate of drug-likeness (QED) is 0.524. The van der Waals surface area contributed by atoms with E-state index in [1.165, 1.54) is 7.11 Å². The van der Waals surface area contributed by atoms with Crippen molar-refractivity contribution in [2.45, 2.75) is 25.7 Å². The van der Waals surface area contributed by atoms with Crippen molar-refractivity contribution in [3.8, 4) is 17.2 Å². The molecule has 2 N–H and O–H groups in total. The van der Waals surface area contributed by atoms with E-state index in [2.05, 4.69) is 10.0 Å². The van der Waals surface area contributed by atoms with Gasteiger partial charge in [0.1, 0.15) is 22.1 Å². The van der Waals surface area contributed by atoms with E-state index in [1.54, 1.807) is 36.4 Å². The van der Waals surface area contributed by atoms with Crippen LogP contribution in [-0.4, -0.2) is 47.7 Å². The Kier molecular flexibility index (Phi) is 8.49. The van der Waals surface area contributed by atoms with Gasteiger partial charge in [0.2, 0.25) is 10.0 Å². The lowest BCUT2D eigenvalue weighted by atomic mass is 10.1. The molecule has 164 valence electrons. The molecule has 0 aromatic heterocycles. The molecule has 0 atom stereocenters. The van der Waals surface area contributed by atoms with E-state index in [-0.39, 0.29) is 36.2 Å². The summed E-state index contributed by atoms with van der Waals surface area (Å²) in [5.41, 5.74) is 1.78. The molecule has 1 amide bonds. The van der Waals surface area contributed by atoms with Gasteiger partial charge in [-0.1, -0.05) is 0 Å². The fraction of sp³-hybridized carbons (Fsp3) is 0.381. The highest BCUT2D eigenvalue weighted by molar-refractivity contribution is 7.89. The largest absolute Gasteiger partial charge is 0.495 e. The van der Waals surface area contributed by atoms with Gasteiger partial charge in [-0.3, -0.25) is 4.79 Å². The molecule has 0 aliphatic carbocycles. The lowest BCUT2D eigenvalue weighted by molar-refractivity contribution is -0.123. The number of carbonyl (C=O) groups is 1. The smallest absolute Gasteiger partial charge is 0.257 e. The van der Waals surface area contributed by atoms with E-state index in [0.29, 0.717) is 12.4 Å². The van der Waals surface area contributed by atoms with Crippen LogP contribution in [0.4, 0.5) is 0 Å². The summed E-state index contributed by atoms with van der Waals surface area (Å²) in [5, 5.41) is 2.61. The summed E-state index contributed by atoms with van der Waals surface area (Å²) in [7, 11) is -2.35. The highest BCUT2D eigenvalue weighted by Gasteiger charge is 2.20. The van der Waals surface area contributed by atoms with Crippen molar-refractivity contribution in [3.05, 3.63) is 47.5 Å². The van der Waals surface area contributed by atoms with Gasteiger partial charge in [-0.05, 0) is 68.3 Å². The molecule has 0 spiro atoms. The highest BCUT2D eigenvalue weighted by atomic mass is 32.2. The summed E-state index contributed by atoms with van der Waals surface area (Å²) >= 11 is 0. The second-order valence-corrected chi connectivity index (χ2v) is 8.26. The summed E-state index contributed by atoms with van der Waals surface area (Å²) in [6.45, 7) is 6.16. The van der Waals surface area contributed by atoms with Crippen LogP contribution in [0.2, 0.25) is 0 Å². The van der Waals surface area contributed by atoms with Crippen molar-refractivity contribution in [3.63, 3.8) is 0 Å². The van der Waals surface area contributed by atoms with Crippen molar-refractivity contribution in [1.82, 2.24) is 10.0 Å². The zero-order valence-corrected chi connectivity index (χ0v) is 18.5. The lowest BCUT2D eigenvalue weighted by Crippen LogP contribution is -2.36. The van der Waals surface area contributed by atoms with Crippen molar-refractivity contribution in [2.24, 2.45) is 0 Å². The van der Waals surface area contributed by atoms with Crippen LogP contribution in [0, 0.1) is 13.8 Å². The molecule has 0 fully saturated rings. The van der Waals surface area contributed by atoms with Gasteiger partial charge in [-0.15, -0.1) is 0 Å². The number of hydrogen-bond acceptors (Lipinski definition) is 6. The Morgan fingerprint density at radius 3 is 2.17 bits per heavy atom. The van der Waals surface area contributed by atoms with Gasteiger partial charge in [0.25, 0.3) is 5.91 Å². The number of amides is 1. The first-order valence-corrected chi connectivity index (χ1v) is 11.0. The van der Waals surface area contributed by atoms with E-state index in [0.717, 1.165) is 16.9 Å². The molecule has 30 heavy (non-hydrogen) atoms. The van der Waals surface area contributed by atoms with E-state index in [4.69, 9.17) is 14.2 Å².